The first-order valence-corrected chi connectivity index (χ1v) is 5.33. The second kappa shape index (κ2) is 3.48. The van der Waals surface area contributed by atoms with Gasteiger partial charge in [0.2, 0.25) is 0 Å². The Bertz CT molecular complexity index is 247. The van der Waals surface area contributed by atoms with Crippen molar-refractivity contribution in [3.8, 4) is 5.75 Å². The smallest absolute Gasteiger partial charge is 0.123 e. The van der Waals surface area contributed by atoms with Crippen LogP contribution in [0.4, 0.5) is 0 Å². The van der Waals surface area contributed by atoms with Gasteiger partial charge in [0.05, 0.1) is 0 Å². The molecule has 2 rings (SSSR count). The molecule has 0 saturated carbocycles. The number of hydrogen-bond acceptors (Lipinski definition) is 1. The Morgan fingerprint density at radius 3 is 3.00 bits per heavy atom. The molecule has 0 amide bonds. The molecule has 64 valence electrons. The molecule has 0 saturated heterocycles. The van der Waals surface area contributed by atoms with E-state index in [0.717, 1.165) is 23.9 Å². The predicted octanol–water partition coefficient (Wildman–Crippen LogP) is 2.78. The van der Waals surface area contributed by atoms with Crippen LogP contribution in [0.2, 0.25) is 0 Å². The standard InChI is InChI=1S/C10H11BrO/c11-6-5-9-7-8-3-1-2-4-10(8)12-9/h1-4,9H,5-7H2. The average molecular weight is 227 g/mol. The normalized spacial score (nSPS) is 20.2. The highest BCUT2D eigenvalue weighted by Gasteiger charge is 2.20. The highest BCUT2D eigenvalue weighted by Crippen LogP contribution is 2.29. The molecule has 1 aromatic carbocycles. The Hall–Kier alpha value is -0.500. The SMILES string of the molecule is BrCCC1Cc2ccccc2O1. The third-order valence-electron chi connectivity index (χ3n) is 2.14. The maximum Gasteiger partial charge on any atom is 0.123 e. The zero-order chi connectivity index (χ0) is 8.39. The van der Waals surface area contributed by atoms with Crippen LogP contribution >= 0.6 is 15.9 Å². The van der Waals surface area contributed by atoms with E-state index in [1.807, 2.05) is 12.1 Å². The van der Waals surface area contributed by atoms with E-state index in [0.29, 0.717) is 6.10 Å². The van der Waals surface area contributed by atoms with Gasteiger partial charge in [-0.1, -0.05) is 34.1 Å². The monoisotopic (exact) mass is 226 g/mol. The van der Waals surface area contributed by atoms with Crippen molar-refractivity contribution < 1.29 is 4.74 Å². The molecule has 0 fully saturated rings. The van der Waals surface area contributed by atoms with Crippen LogP contribution < -0.4 is 4.74 Å². The summed E-state index contributed by atoms with van der Waals surface area (Å²) in [6.45, 7) is 0. The zero-order valence-corrected chi connectivity index (χ0v) is 8.38. The molecule has 1 atom stereocenters. The molecule has 1 heterocycles. The summed E-state index contributed by atoms with van der Waals surface area (Å²) in [6, 6.07) is 8.28. The molecule has 12 heavy (non-hydrogen) atoms. The number of hydrogen-bond donors (Lipinski definition) is 0. The minimum Gasteiger partial charge on any atom is -0.490 e. The summed E-state index contributed by atoms with van der Waals surface area (Å²) in [5.41, 5.74) is 1.35. The maximum atomic E-state index is 5.72. The van der Waals surface area contributed by atoms with Crippen molar-refractivity contribution in [3.63, 3.8) is 0 Å². The summed E-state index contributed by atoms with van der Waals surface area (Å²) >= 11 is 3.42. The van der Waals surface area contributed by atoms with Crippen molar-refractivity contribution in [3.05, 3.63) is 29.8 Å². The van der Waals surface area contributed by atoms with Crippen LogP contribution in [0.5, 0.6) is 5.75 Å². The van der Waals surface area contributed by atoms with Crippen molar-refractivity contribution in [2.75, 3.05) is 5.33 Å². The van der Waals surface area contributed by atoms with E-state index < -0.39 is 0 Å². The lowest BCUT2D eigenvalue weighted by molar-refractivity contribution is 0.230. The second-order valence-electron chi connectivity index (χ2n) is 3.03. The molecule has 2 heteroatoms. The molecule has 1 aromatic rings. The number of para-hydroxylation sites is 1. The highest BCUT2D eigenvalue weighted by atomic mass is 79.9. The minimum absolute atomic E-state index is 0.391. The second-order valence-corrected chi connectivity index (χ2v) is 3.82. The summed E-state index contributed by atoms with van der Waals surface area (Å²) in [5, 5.41) is 1.02. The topological polar surface area (TPSA) is 9.23 Å². The fraction of sp³-hybridized carbons (Fsp3) is 0.400. The molecule has 0 aliphatic carbocycles. The number of fused-ring (bicyclic) bond motifs is 1. The molecular weight excluding hydrogens is 216 g/mol. The Kier molecular flexibility index (Phi) is 2.35. The first-order chi connectivity index (χ1) is 5.90. The van der Waals surface area contributed by atoms with Gasteiger partial charge < -0.3 is 4.74 Å². The number of alkyl halides is 1. The van der Waals surface area contributed by atoms with Crippen molar-refractivity contribution in [1.29, 1.82) is 0 Å². The van der Waals surface area contributed by atoms with Gasteiger partial charge in [0, 0.05) is 11.8 Å². The van der Waals surface area contributed by atoms with Gasteiger partial charge in [-0.25, -0.2) is 0 Å². The van der Waals surface area contributed by atoms with E-state index in [2.05, 4.69) is 28.1 Å². The van der Waals surface area contributed by atoms with Crippen LogP contribution in [0.1, 0.15) is 12.0 Å². The van der Waals surface area contributed by atoms with Gasteiger partial charge >= 0.3 is 0 Å². The lowest BCUT2D eigenvalue weighted by atomic mass is 10.1. The first kappa shape index (κ1) is 8.11. The fourth-order valence-electron chi connectivity index (χ4n) is 1.54. The zero-order valence-electron chi connectivity index (χ0n) is 6.79. The molecule has 0 bridgehead atoms. The van der Waals surface area contributed by atoms with Crippen molar-refractivity contribution in [2.45, 2.75) is 18.9 Å². The molecule has 0 spiro atoms. The Morgan fingerprint density at radius 1 is 1.42 bits per heavy atom. The molecule has 0 N–H and O–H groups in total. The number of rotatable bonds is 2. The highest BCUT2D eigenvalue weighted by molar-refractivity contribution is 9.09. The summed E-state index contributed by atoms with van der Waals surface area (Å²) in [7, 11) is 0. The van der Waals surface area contributed by atoms with Gasteiger partial charge in [-0.2, -0.15) is 0 Å². The minimum atomic E-state index is 0.391. The number of halogens is 1. The third kappa shape index (κ3) is 1.48. The summed E-state index contributed by atoms with van der Waals surface area (Å²) < 4.78 is 5.72. The van der Waals surface area contributed by atoms with E-state index >= 15 is 0 Å². The van der Waals surface area contributed by atoms with Gasteiger partial charge in [-0.15, -0.1) is 0 Å². The summed E-state index contributed by atoms with van der Waals surface area (Å²) in [5.74, 6) is 1.07. The van der Waals surface area contributed by atoms with E-state index in [1.165, 1.54) is 5.56 Å². The van der Waals surface area contributed by atoms with Gasteiger partial charge in [-0.3, -0.25) is 0 Å². The van der Waals surface area contributed by atoms with E-state index in [1.54, 1.807) is 0 Å². The first-order valence-electron chi connectivity index (χ1n) is 4.20. The van der Waals surface area contributed by atoms with Crippen LogP contribution in [-0.2, 0) is 6.42 Å². The van der Waals surface area contributed by atoms with E-state index in [4.69, 9.17) is 4.74 Å². The Morgan fingerprint density at radius 2 is 2.25 bits per heavy atom. The van der Waals surface area contributed by atoms with Crippen LogP contribution in [0, 0.1) is 0 Å². The Balaban J connectivity index is 2.11. The average Bonchev–Trinajstić information content (AvgIpc) is 2.47. The molecule has 1 nitrogen and oxygen atoms in total. The number of ether oxygens (including phenoxy) is 1. The molecule has 0 radical (unpaired) electrons. The predicted molar refractivity (Wildman–Crippen MR) is 53.0 cm³/mol. The van der Waals surface area contributed by atoms with Gasteiger partial charge in [0.15, 0.2) is 0 Å². The van der Waals surface area contributed by atoms with Crippen molar-refractivity contribution in [1.82, 2.24) is 0 Å². The van der Waals surface area contributed by atoms with Gasteiger partial charge in [0.1, 0.15) is 11.9 Å². The van der Waals surface area contributed by atoms with Crippen LogP contribution in [0.25, 0.3) is 0 Å². The van der Waals surface area contributed by atoms with Gasteiger partial charge in [0.25, 0.3) is 0 Å². The molecule has 0 aromatic heterocycles. The lowest BCUT2D eigenvalue weighted by Crippen LogP contribution is -2.12. The summed E-state index contributed by atoms with van der Waals surface area (Å²) in [6.07, 6.45) is 2.55. The maximum absolute atomic E-state index is 5.72. The van der Waals surface area contributed by atoms with E-state index in [-0.39, 0.29) is 0 Å². The third-order valence-corrected chi connectivity index (χ3v) is 2.60. The van der Waals surface area contributed by atoms with Crippen LogP contribution in [0.3, 0.4) is 0 Å². The Labute approximate surface area is 80.9 Å². The molecule has 1 aliphatic heterocycles. The van der Waals surface area contributed by atoms with Crippen LogP contribution in [-0.4, -0.2) is 11.4 Å². The number of benzene rings is 1. The van der Waals surface area contributed by atoms with Crippen LogP contribution in [0.15, 0.2) is 24.3 Å². The lowest BCUT2D eigenvalue weighted by Gasteiger charge is -2.07. The molecule has 1 unspecified atom stereocenters. The summed E-state index contributed by atoms with van der Waals surface area (Å²) in [4.78, 5) is 0. The van der Waals surface area contributed by atoms with E-state index in [9.17, 15) is 0 Å². The van der Waals surface area contributed by atoms with Crippen molar-refractivity contribution in [2.24, 2.45) is 0 Å². The van der Waals surface area contributed by atoms with Crippen molar-refractivity contribution >= 4 is 15.9 Å². The molecular formula is C10H11BrO. The quantitative estimate of drug-likeness (QED) is 0.706. The fourth-order valence-corrected chi connectivity index (χ4v) is 2.05. The molecule has 1 aliphatic rings. The van der Waals surface area contributed by atoms with Gasteiger partial charge in [-0.05, 0) is 18.1 Å². The largest absolute Gasteiger partial charge is 0.490 e.